The molecule has 1 heterocycles. The van der Waals surface area contributed by atoms with Gasteiger partial charge in [-0.3, -0.25) is 0 Å². The van der Waals surface area contributed by atoms with Crippen LogP contribution in [0.2, 0.25) is 0 Å². The van der Waals surface area contributed by atoms with Crippen LogP contribution < -0.4 is 4.74 Å². The minimum Gasteiger partial charge on any atom is -0.494 e. The Morgan fingerprint density at radius 3 is 2.62 bits per heavy atom. The number of aromatic nitrogens is 3. The normalized spacial score (nSPS) is 12.4. The number of nitrogens with zero attached hydrogens (tertiary/aromatic N) is 3. The minimum atomic E-state index is 0.608. The first-order valence-electron chi connectivity index (χ1n) is 8.79. The van der Waals surface area contributed by atoms with Gasteiger partial charge in [0.1, 0.15) is 11.3 Å². The third-order valence-electron chi connectivity index (χ3n) is 4.51. The number of rotatable bonds is 8. The van der Waals surface area contributed by atoms with Crippen LogP contribution in [-0.4, -0.2) is 21.6 Å². The first-order chi connectivity index (χ1) is 11.8. The Bertz CT molecular complexity index is 764. The van der Waals surface area contributed by atoms with Crippen LogP contribution in [0, 0.1) is 0 Å². The lowest BCUT2D eigenvalue weighted by Crippen LogP contribution is -2.04. The van der Waals surface area contributed by atoms with Gasteiger partial charge in [0, 0.05) is 6.54 Å². The van der Waals surface area contributed by atoms with Crippen LogP contribution in [0.5, 0.6) is 5.75 Å². The van der Waals surface area contributed by atoms with E-state index in [9.17, 15) is 0 Å². The van der Waals surface area contributed by atoms with Gasteiger partial charge >= 0.3 is 0 Å². The summed E-state index contributed by atoms with van der Waals surface area (Å²) in [4.78, 5) is 0. The summed E-state index contributed by atoms with van der Waals surface area (Å²) in [5.74, 6) is 1.56. The van der Waals surface area contributed by atoms with Crippen LogP contribution in [0.15, 0.2) is 48.5 Å². The summed E-state index contributed by atoms with van der Waals surface area (Å²) in [5, 5.41) is 8.39. The molecule has 3 aromatic rings. The quantitative estimate of drug-likeness (QED) is 0.559. The van der Waals surface area contributed by atoms with Crippen LogP contribution in [-0.2, 0) is 6.54 Å². The molecule has 1 unspecified atom stereocenters. The van der Waals surface area contributed by atoms with Crippen LogP contribution in [0.4, 0.5) is 0 Å². The van der Waals surface area contributed by atoms with Gasteiger partial charge in [0.25, 0.3) is 0 Å². The number of para-hydroxylation sites is 1. The molecule has 0 aliphatic heterocycles. The molecule has 0 saturated heterocycles. The van der Waals surface area contributed by atoms with Gasteiger partial charge in [-0.25, -0.2) is 4.68 Å². The number of hydrogen-bond donors (Lipinski definition) is 0. The SMILES string of the molecule is CCC(C)c1ccc(OCCCCn2nnc3ccccc32)cc1. The number of unbranched alkanes of at least 4 members (excludes halogenated alkanes) is 1. The first-order valence-corrected chi connectivity index (χ1v) is 8.79. The first kappa shape index (κ1) is 16.5. The second-order valence-electron chi connectivity index (χ2n) is 6.24. The van der Waals surface area contributed by atoms with E-state index in [0.717, 1.165) is 49.2 Å². The fourth-order valence-electron chi connectivity index (χ4n) is 2.76. The molecule has 2 aromatic carbocycles. The highest BCUT2D eigenvalue weighted by Gasteiger charge is 2.04. The van der Waals surface area contributed by atoms with E-state index in [2.05, 4.69) is 54.5 Å². The molecular weight excluding hydrogens is 298 g/mol. The van der Waals surface area contributed by atoms with Gasteiger partial charge in [0.15, 0.2) is 0 Å². The molecule has 0 amide bonds. The van der Waals surface area contributed by atoms with Gasteiger partial charge in [-0.2, -0.15) is 0 Å². The van der Waals surface area contributed by atoms with E-state index in [1.54, 1.807) is 0 Å². The Balaban J connectivity index is 1.42. The van der Waals surface area contributed by atoms with E-state index in [0.29, 0.717) is 5.92 Å². The van der Waals surface area contributed by atoms with Crippen LogP contribution in [0.25, 0.3) is 11.0 Å². The summed E-state index contributed by atoms with van der Waals surface area (Å²) in [6.07, 6.45) is 3.19. The summed E-state index contributed by atoms with van der Waals surface area (Å²) in [5.41, 5.74) is 3.43. The van der Waals surface area contributed by atoms with Crippen molar-refractivity contribution in [3.05, 3.63) is 54.1 Å². The van der Waals surface area contributed by atoms with E-state index in [1.165, 1.54) is 5.56 Å². The van der Waals surface area contributed by atoms with Crippen molar-refractivity contribution in [2.75, 3.05) is 6.61 Å². The standard InChI is InChI=1S/C20H25N3O/c1-3-16(2)17-10-12-18(13-11-17)24-15-7-6-14-23-20-9-5-4-8-19(20)21-22-23/h4-5,8-13,16H,3,6-7,14-15H2,1-2H3. The Kier molecular flexibility index (Phi) is 5.47. The molecule has 4 heteroatoms. The van der Waals surface area contributed by atoms with Gasteiger partial charge in [0.05, 0.1) is 12.1 Å². The van der Waals surface area contributed by atoms with E-state index in [4.69, 9.17) is 4.74 Å². The van der Waals surface area contributed by atoms with Gasteiger partial charge in [-0.05, 0) is 55.0 Å². The lowest BCUT2D eigenvalue weighted by Gasteiger charge is -2.10. The largest absolute Gasteiger partial charge is 0.494 e. The van der Waals surface area contributed by atoms with Crippen LogP contribution in [0.1, 0.15) is 44.6 Å². The number of hydrogen-bond acceptors (Lipinski definition) is 3. The molecule has 0 radical (unpaired) electrons. The molecule has 0 aliphatic carbocycles. The van der Waals surface area contributed by atoms with E-state index >= 15 is 0 Å². The van der Waals surface area contributed by atoms with Crippen molar-refractivity contribution in [1.82, 2.24) is 15.0 Å². The molecule has 0 saturated carbocycles. The van der Waals surface area contributed by atoms with Crippen molar-refractivity contribution >= 4 is 11.0 Å². The topological polar surface area (TPSA) is 39.9 Å². The van der Waals surface area contributed by atoms with E-state index in [-0.39, 0.29) is 0 Å². The van der Waals surface area contributed by atoms with Gasteiger partial charge in [-0.1, -0.05) is 43.3 Å². The van der Waals surface area contributed by atoms with Crippen molar-refractivity contribution in [3.8, 4) is 5.75 Å². The molecule has 1 atom stereocenters. The molecule has 0 fully saturated rings. The zero-order valence-corrected chi connectivity index (χ0v) is 14.5. The zero-order chi connectivity index (χ0) is 16.8. The summed E-state index contributed by atoms with van der Waals surface area (Å²) in [6, 6.07) is 16.6. The highest BCUT2D eigenvalue weighted by molar-refractivity contribution is 5.73. The molecular formula is C20H25N3O. The van der Waals surface area contributed by atoms with Crippen LogP contribution >= 0.6 is 0 Å². The van der Waals surface area contributed by atoms with Crippen molar-refractivity contribution in [3.63, 3.8) is 0 Å². The van der Waals surface area contributed by atoms with E-state index < -0.39 is 0 Å². The lowest BCUT2D eigenvalue weighted by molar-refractivity contribution is 0.302. The molecule has 0 N–H and O–H groups in total. The summed E-state index contributed by atoms with van der Waals surface area (Å²) < 4.78 is 7.80. The summed E-state index contributed by atoms with van der Waals surface area (Å²) in [7, 11) is 0. The highest BCUT2D eigenvalue weighted by atomic mass is 16.5. The minimum absolute atomic E-state index is 0.608. The molecule has 126 valence electrons. The van der Waals surface area contributed by atoms with Crippen molar-refractivity contribution < 1.29 is 4.74 Å². The lowest BCUT2D eigenvalue weighted by atomic mass is 9.99. The Morgan fingerprint density at radius 2 is 1.83 bits per heavy atom. The average molecular weight is 323 g/mol. The zero-order valence-electron chi connectivity index (χ0n) is 14.5. The molecule has 1 aromatic heterocycles. The Hall–Kier alpha value is -2.36. The van der Waals surface area contributed by atoms with Gasteiger partial charge in [0.2, 0.25) is 0 Å². The van der Waals surface area contributed by atoms with E-state index in [1.807, 2.05) is 22.9 Å². The maximum absolute atomic E-state index is 5.84. The van der Waals surface area contributed by atoms with Gasteiger partial charge < -0.3 is 4.74 Å². The molecule has 0 spiro atoms. The fourth-order valence-corrected chi connectivity index (χ4v) is 2.76. The smallest absolute Gasteiger partial charge is 0.119 e. The molecule has 0 bridgehead atoms. The Morgan fingerprint density at radius 1 is 1.04 bits per heavy atom. The third kappa shape index (κ3) is 3.94. The predicted molar refractivity (Wildman–Crippen MR) is 97.4 cm³/mol. The number of ether oxygens (including phenoxy) is 1. The second-order valence-corrected chi connectivity index (χ2v) is 6.24. The monoisotopic (exact) mass is 323 g/mol. The van der Waals surface area contributed by atoms with Crippen LogP contribution in [0.3, 0.4) is 0 Å². The fraction of sp³-hybridized carbons (Fsp3) is 0.400. The van der Waals surface area contributed by atoms with Crippen molar-refractivity contribution in [2.24, 2.45) is 0 Å². The van der Waals surface area contributed by atoms with Gasteiger partial charge in [-0.15, -0.1) is 5.10 Å². The number of fused-ring (bicyclic) bond motifs is 1. The van der Waals surface area contributed by atoms with Crippen molar-refractivity contribution in [2.45, 2.75) is 45.6 Å². The molecule has 3 rings (SSSR count). The number of aryl methyl sites for hydroxylation is 1. The van der Waals surface area contributed by atoms with Crippen molar-refractivity contribution in [1.29, 1.82) is 0 Å². The molecule has 24 heavy (non-hydrogen) atoms. The highest BCUT2D eigenvalue weighted by Crippen LogP contribution is 2.21. The number of benzene rings is 2. The third-order valence-corrected chi connectivity index (χ3v) is 4.51. The maximum Gasteiger partial charge on any atom is 0.119 e. The maximum atomic E-state index is 5.84. The average Bonchev–Trinajstić information content (AvgIpc) is 3.04. The molecule has 4 nitrogen and oxygen atoms in total. The predicted octanol–water partition coefficient (Wildman–Crippen LogP) is 4.80. The summed E-state index contributed by atoms with van der Waals surface area (Å²) in [6.45, 7) is 6.07. The second kappa shape index (κ2) is 7.95. The molecule has 0 aliphatic rings. The summed E-state index contributed by atoms with van der Waals surface area (Å²) >= 11 is 0. The Labute approximate surface area is 143 Å².